The van der Waals surface area contributed by atoms with Crippen molar-refractivity contribution in [2.24, 2.45) is 10.7 Å². The van der Waals surface area contributed by atoms with E-state index in [9.17, 15) is 0 Å². The number of aliphatic imine (C=N–C) groups is 1. The van der Waals surface area contributed by atoms with Gasteiger partial charge in [0, 0.05) is 6.07 Å². The predicted octanol–water partition coefficient (Wildman–Crippen LogP) is 3.50. The molecule has 0 aliphatic carbocycles. The molecule has 0 aliphatic heterocycles. The summed E-state index contributed by atoms with van der Waals surface area (Å²) in [6.45, 7) is 1.78. The molecule has 0 aliphatic rings. The molecule has 0 spiro atoms. The first-order valence-corrected chi connectivity index (χ1v) is 6.86. The van der Waals surface area contributed by atoms with Gasteiger partial charge in [-0.3, -0.25) is 0 Å². The lowest BCUT2D eigenvalue weighted by atomic mass is 10.3. The van der Waals surface area contributed by atoms with Gasteiger partial charge in [-0.15, -0.1) is 24.0 Å². The molecule has 1 aromatic heterocycles. The van der Waals surface area contributed by atoms with Crippen LogP contribution in [-0.4, -0.2) is 21.4 Å². The van der Waals surface area contributed by atoms with Crippen molar-refractivity contribution in [2.45, 2.75) is 6.92 Å². The molecule has 0 fully saturated rings. The Morgan fingerprint density at radius 1 is 1.25 bits per heavy atom. The molecule has 0 amide bonds. The molecule has 1 aromatic carbocycles. The van der Waals surface area contributed by atoms with Crippen LogP contribution in [-0.2, 0) is 0 Å². The number of rotatable bonds is 3. The van der Waals surface area contributed by atoms with E-state index in [2.05, 4.69) is 15.0 Å². The van der Waals surface area contributed by atoms with Crippen LogP contribution < -0.4 is 10.5 Å². The van der Waals surface area contributed by atoms with Gasteiger partial charge in [0.2, 0.25) is 5.88 Å². The Labute approximate surface area is 139 Å². The van der Waals surface area contributed by atoms with Crippen LogP contribution in [0.4, 0.5) is 5.82 Å². The third kappa shape index (κ3) is 4.97. The van der Waals surface area contributed by atoms with Gasteiger partial charge in [-0.1, -0.05) is 30.0 Å². The molecule has 0 atom stereocenters. The molecule has 2 N–H and O–H groups in total. The van der Waals surface area contributed by atoms with E-state index in [-0.39, 0.29) is 24.0 Å². The Morgan fingerprint density at radius 3 is 2.60 bits per heavy atom. The molecule has 0 saturated carbocycles. The summed E-state index contributed by atoms with van der Waals surface area (Å²) in [7, 11) is 0. The Kier molecular flexibility index (Phi) is 6.73. The fourth-order valence-corrected chi connectivity index (χ4v) is 1.59. The van der Waals surface area contributed by atoms with Crippen LogP contribution in [0.5, 0.6) is 11.6 Å². The number of nitrogens with two attached hydrogens (primary N) is 1. The van der Waals surface area contributed by atoms with Gasteiger partial charge in [-0.2, -0.15) is 4.98 Å². The third-order valence-electron chi connectivity index (χ3n) is 2.20. The Balaban J connectivity index is 0.00000200. The molecule has 1 heterocycles. The average molecular weight is 402 g/mol. The Hall–Kier alpha value is -1.35. The molecule has 5 nitrogen and oxygen atoms in total. The van der Waals surface area contributed by atoms with Gasteiger partial charge < -0.3 is 10.5 Å². The molecule has 7 heteroatoms. The highest BCUT2D eigenvalue weighted by Crippen LogP contribution is 2.22. The highest BCUT2D eigenvalue weighted by atomic mass is 127. The maximum absolute atomic E-state index is 5.67. The predicted molar refractivity (Wildman–Crippen MR) is 93.5 cm³/mol. The molecular formula is C13H15IN4OS. The number of nitrogens with zero attached hydrogens (tertiary/aromatic N) is 3. The number of halogens is 1. The normalized spacial score (nSPS) is 10.8. The minimum atomic E-state index is 0. The lowest BCUT2D eigenvalue weighted by Crippen LogP contribution is -2.05. The van der Waals surface area contributed by atoms with Crippen molar-refractivity contribution in [1.29, 1.82) is 0 Å². The molecule has 0 bridgehead atoms. The van der Waals surface area contributed by atoms with Gasteiger partial charge in [0.05, 0.1) is 0 Å². The van der Waals surface area contributed by atoms with Crippen LogP contribution in [0.1, 0.15) is 5.82 Å². The van der Waals surface area contributed by atoms with Crippen LogP contribution >= 0.6 is 35.7 Å². The topological polar surface area (TPSA) is 73.4 Å². The smallest absolute Gasteiger partial charge is 0.224 e. The van der Waals surface area contributed by atoms with Gasteiger partial charge >= 0.3 is 0 Å². The average Bonchev–Trinajstić information content (AvgIpc) is 2.39. The molecule has 0 radical (unpaired) electrons. The fourth-order valence-electron chi connectivity index (χ4n) is 1.40. The molecular weight excluding hydrogens is 387 g/mol. The zero-order valence-electron chi connectivity index (χ0n) is 11.1. The molecule has 106 valence electrons. The van der Waals surface area contributed by atoms with Crippen molar-refractivity contribution in [3.63, 3.8) is 0 Å². The van der Waals surface area contributed by atoms with Crippen molar-refractivity contribution < 1.29 is 4.74 Å². The van der Waals surface area contributed by atoms with Crippen molar-refractivity contribution >= 4 is 46.7 Å². The Bertz CT molecular complexity index is 592. The van der Waals surface area contributed by atoms with Crippen molar-refractivity contribution in [3.8, 4) is 11.6 Å². The number of amidine groups is 1. The largest absolute Gasteiger partial charge is 0.439 e. The van der Waals surface area contributed by atoms with Gasteiger partial charge in [0.25, 0.3) is 0 Å². The second kappa shape index (κ2) is 8.05. The van der Waals surface area contributed by atoms with E-state index < -0.39 is 0 Å². The molecule has 20 heavy (non-hydrogen) atoms. The monoisotopic (exact) mass is 402 g/mol. The summed E-state index contributed by atoms with van der Waals surface area (Å²) in [6.07, 6.45) is 1.86. The van der Waals surface area contributed by atoms with Crippen molar-refractivity contribution in [1.82, 2.24) is 9.97 Å². The molecule has 2 aromatic rings. The van der Waals surface area contributed by atoms with E-state index in [0.717, 1.165) is 0 Å². The number of ether oxygens (including phenoxy) is 1. The molecule has 2 rings (SSSR count). The van der Waals surface area contributed by atoms with E-state index in [0.29, 0.717) is 28.4 Å². The summed E-state index contributed by atoms with van der Waals surface area (Å²) < 4.78 is 5.65. The zero-order valence-corrected chi connectivity index (χ0v) is 14.3. The van der Waals surface area contributed by atoms with Gasteiger partial charge in [-0.05, 0) is 25.3 Å². The second-order valence-corrected chi connectivity index (χ2v) is 4.51. The summed E-state index contributed by atoms with van der Waals surface area (Å²) in [4.78, 5) is 12.6. The first kappa shape index (κ1) is 16.7. The van der Waals surface area contributed by atoms with Crippen LogP contribution in [0.2, 0.25) is 0 Å². The molecule has 0 unspecified atom stereocenters. The summed E-state index contributed by atoms with van der Waals surface area (Å²) in [5, 5.41) is 0.448. The van der Waals surface area contributed by atoms with Crippen LogP contribution in [0.15, 0.2) is 41.4 Å². The summed E-state index contributed by atoms with van der Waals surface area (Å²) in [5.74, 6) is 2.24. The van der Waals surface area contributed by atoms with Crippen molar-refractivity contribution in [3.05, 3.63) is 42.2 Å². The van der Waals surface area contributed by atoms with Crippen LogP contribution in [0.3, 0.4) is 0 Å². The zero-order chi connectivity index (χ0) is 13.7. The van der Waals surface area contributed by atoms with E-state index in [1.165, 1.54) is 11.8 Å². The number of aromatic nitrogens is 2. The second-order valence-electron chi connectivity index (χ2n) is 3.68. The van der Waals surface area contributed by atoms with Gasteiger partial charge in [0.1, 0.15) is 11.6 Å². The summed E-state index contributed by atoms with van der Waals surface area (Å²) >= 11 is 1.36. The molecule has 0 saturated heterocycles. The highest BCUT2D eigenvalue weighted by Gasteiger charge is 2.04. The summed E-state index contributed by atoms with van der Waals surface area (Å²) in [6, 6.07) is 11.1. The van der Waals surface area contributed by atoms with Crippen molar-refractivity contribution in [2.75, 3.05) is 6.26 Å². The Morgan fingerprint density at radius 2 is 1.95 bits per heavy atom. The first-order chi connectivity index (χ1) is 9.17. The van der Waals surface area contributed by atoms with Crippen LogP contribution in [0, 0.1) is 6.92 Å². The SMILES string of the molecule is CSC(N)=Nc1cc(Oc2ccccc2)nc(C)n1.I. The third-order valence-corrected chi connectivity index (χ3v) is 2.71. The quantitative estimate of drug-likeness (QED) is 0.483. The van der Waals surface area contributed by atoms with Crippen LogP contribution in [0.25, 0.3) is 0 Å². The summed E-state index contributed by atoms with van der Waals surface area (Å²) in [5.41, 5.74) is 5.67. The fraction of sp³-hybridized carbons (Fsp3) is 0.154. The van der Waals surface area contributed by atoms with Gasteiger partial charge in [0.15, 0.2) is 11.0 Å². The lowest BCUT2D eigenvalue weighted by molar-refractivity contribution is 0.460. The number of benzene rings is 1. The number of para-hydroxylation sites is 1. The number of aryl methyl sites for hydroxylation is 1. The number of hydrogen-bond acceptors (Lipinski definition) is 5. The lowest BCUT2D eigenvalue weighted by Gasteiger charge is -2.06. The maximum Gasteiger partial charge on any atom is 0.224 e. The van der Waals surface area contributed by atoms with E-state index >= 15 is 0 Å². The van der Waals surface area contributed by atoms with E-state index in [1.54, 1.807) is 13.0 Å². The maximum atomic E-state index is 5.67. The van der Waals surface area contributed by atoms with E-state index in [1.807, 2.05) is 36.6 Å². The minimum absolute atomic E-state index is 0. The van der Waals surface area contributed by atoms with E-state index in [4.69, 9.17) is 10.5 Å². The first-order valence-electron chi connectivity index (χ1n) is 5.64. The highest BCUT2D eigenvalue weighted by molar-refractivity contribution is 14.0. The van der Waals surface area contributed by atoms with Gasteiger partial charge in [-0.25, -0.2) is 9.98 Å². The number of hydrogen-bond donors (Lipinski definition) is 1. The standard InChI is InChI=1S/C13H14N4OS.HI/c1-9-15-11(17-13(14)19-2)8-12(16-9)18-10-6-4-3-5-7-10;/h3-8H,1-2H3,(H2,14,15,16,17);1H. The minimum Gasteiger partial charge on any atom is -0.439 e. The number of thioether (sulfide) groups is 1.